The van der Waals surface area contributed by atoms with Gasteiger partial charge in [0.15, 0.2) is 6.61 Å². The molecule has 2 aromatic carbocycles. The largest absolute Gasteiger partial charge is 0.497 e. The number of carbonyl (C=O) groups is 2. The average molecular weight is 394 g/mol. The average Bonchev–Trinajstić information content (AvgIpc) is 3.18. The Kier molecular flexibility index (Phi) is 6.83. The molecule has 0 aliphatic rings. The molecule has 3 rings (SSSR count). The van der Waals surface area contributed by atoms with E-state index in [1.807, 2.05) is 42.5 Å². The normalized spacial score (nSPS) is 10.2. The predicted molar refractivity (Wildman–Crippen MR) is 108 cm³/mol. The number of amides is 2. The van der Waals surface area contributed by atoms with Crippen molar-refractivity contribution in [3.8, 4) is 11.5 Å². The highest BCUT2D eigenvalue weighted by molar-refractivity contribution is 5.91. The molecule has 1 aromatic heterocycles. The summed E-state index contributed by atoms with van der Waals surface area (Å²) in [6.45, 7) is 0.314. The Balaban J connectivity index is 1.43. The molecule has 0 saturated heterocycles. The third kappa shape index (κ3) is 6.39. The van der Waals surface area contributed by atoms with Crippen molar-refractivity contribution in [3.05, 3.63) is 72.6 Å². The molecule has 0 unspecified atom stereocenters. The first-order valence-electron chi connectivity index (χ1n) is 9.02. The van der Waals surface area contributed by atoms with Gasteiger partial charge in [0.1, 0.15) is 18.0 Å². The zero-order valence-electron chi connectivity index (χ0n) is 16.0. The Morgan fingerprint density at radius 3 is 2.62 bits per heavy atom. The van der Waals surface area contributed by atoms with Crippen LogP contribution in [0.1, 0.15) is 5.56 Å². The second kappa shape index (κ2) is 9.93. The summed E-state index contributed by atoms with van der Waals surface area (Å²) in [4.78, 5) is 24.1. The first-order valence-corrected chi connectivity index (χ1v) is 9.02. The van der Waals surface area contributed by atoms with Gasteiger partial charge in [-0.25, -0.2) is 0 Å². The van der Waals surface area contributed by atoms with Gasteiger partial charge >= 0.3 is 0 Å². The molecular weight excluding hydrogens is 372 g/mol. The zero-order valence-corrected chi connectivity index (χ0v) is 16.0. The van der Waals surface area contributed by atoms with Crippen molar-refractivity contribution in [2.24, 2.45) is 0 Å². The minimum absolute atomic E-state index is 0.0420. The maximum absolute atomic E-state index is 12.1. The monoisotopic (exact) mass is 394 g/mol. The maximum atomic E-state index is 12.1. The van der Waals surface area contributed by atoms with E-state index in [0.717, 1.165) is 11.3 Å². The number of nitrogens with zero attached hydrogens (tertiary/aromatic N) is 2. The summed E-state index contributed by atoms with van der Waals surface area (Å²) in [6.07, 6.45) is 3.07. The lowest BCUT2D eigenvalue weighted by Gasteiger charge is -2.07. The third-order valence-corrected chi connectivity index (χ3v) is 3.96. The molecule has 0 fully saturated rings. The van der Waals surface area contributed by atoms with Gasteiger partial charge in [-0.3, -0.25) is 14.3 Å². The van der Waals surface area contributed by atoms with Crippen LogP contribution in [0.3, 0.4) is 0 Å². The van der Waals surface area contributed by atoms with E-state index in [1.165, 1.54) is 10.9 Å². The molecule has 2 N–H and O–H groups in total. The molecule has 3 aromatic rings. The van der Waals surface area contributed by atoms with Crippen molar-refractivity contribution < 1.29 is 19.1 Å². The number of nitrogens with one attached hydrogen (secondary N) is 2. The van der Waals surface area contributed by atoms with E-state index in [2.05, 4.69) is 15.7 Å². The molecule has 0 spiro atoms. The molecule has 0 aliphatic carbocycles. The quantitative estimate of drug-likeness (QED) is 0.580. The summed E-state index contributed by atoms with van der Waals surface area (Å²) in [5, 5.41) is 9.60. The number of ether oxygens (including phenoxy) is 2. The summed E-state index contributed by atoms with van der Waals surface area (Å²) in [5.41, 5.74) is 1.43. The second-order valence-electron chi connectivity index (χ2n) is 6.20. The number of para-hydroxylation sites is 1. The van der Waals surface area contributed by atoms with Gasteiger partial charge in [0.2, 0.25) is 5.91 Å². The number of aromatic nitrogens is 2. The number of hydrogen-bond donors (Lipinski definition) is 2. The van der Waals surface area contributed by atoms with Gasteiger partial charge in [0, 0.05) is 12.7 Å². The second-order valence-corrected chi connectivity index (χ2v) is 6.20. The Bertz CT molecular complexity index is 956. The zero-order chi connectivity index (χ0) is 20.5. The van der Waals surface area contributed by atoms with Gasteiger partial charge in [0.25, 0.3) is 5.91 Å². The third-order valence-electron chi connectivity index (χ3n) is 3.96. The summed E-state index contributed by atoms with van der Waals surface area (Å²) in [6, 6.07) is 16.5. The highest BCUT2D eigenvalue weighted by Gasteiger charge is 2.08. The molecule has 0 aliphatic heterocycles. The molecule has 1 heterocycles. The molecule has 0 saturated carbocycles. The minimum Gasteiger partial charge on any atom is -0.497 e. The van der Waals surface area contributed by atoms with Crippen LogP contribution in [-0.2, 0) is 22.7 Å². The summed E-state index contributed by atoms with van der Waals surface area (Å²) >= 11 is 0. The number of rotatable bonds is 9. The molecule has 8 heteroatoms. The lowest BCUT2D eigenvalue weighted by Crippen LogP contribution is -2.27. The topological polar surface area (TPSA) is 94.5 Å². The number of hydrogen-bond acceptors (Lipinski definition) is 5. The number of anilines is 1. The lowest BCUT2D eigenvalue weighted by molar-refractivity contribution is -0.122. The fourth-order valence-corrected chi connectivity index (χ4v) is 2.56. The van der Waals surface area contributed by atoms with E-state index in [1.54, 1.807) is 25.4 Å². The van der Waals surface area contributed by atoms with Crippen molar-refractivity contribution in [2.75, 3.05) is 19.0 Å². The van der Waals surface area contributed by atoms with E-state index < -0.39 is 0 Å². The Morgan fingerprint density at radius 1 is 1.03 bits per heavy atom. The Labute approximate surface area is 168 Å². The highest BCUT2D eigenvalue weighted by Crippen LogP contribution is 2.12. The van der Waals surface area contributed by atoms with Crippen molar-refractivity contribution in [3.63, 3.8) is 0 Å². The van der Waals surface area contributed by atoms with Gasteiger partial charge < -0.3 is 20.1 Å². The number of benzene rings is 2. The van der Waals surface area contributed by atoms with E-state index in [-0.39, 0.29) is 25.0 Å². The summed E-state index contributed by atoms with van der Waals surface area (Å²) < 4.78 is 12.0. The van der Waals surface area contributed by atoms with Crippen molar-refractivity contribution in [2.45, 2.75) is 13.1 Å². The van der Waals surface area contributed by atoms with Crippen molar-refractivity contribution >= 4 is 17.5 Å². The van der Waals surface area contributed by atoms with Gasteiger partial charge in [-0.05, 0) is 29.8 Å². The minimum atomic E-state index is -0.309. The van der Waals surface area contributed by atoms with E-state index in [9.17, 15) is 9.59 Å². The van der Waals surface area contributed by atoms with Crippen LogP contribution in [0.4, 0.5) is 5.69 Å². The maximum Gasteiger partial charge on any atom is 0.262 e. The van der Waals surface area contributed by atoms with Gasteiger partial charge in [-0.15, -0.1) is 0 Å². The predicted octanol–water partition coefficient (Wildman–Crippen LogP) is 2.23. The SMILES string of the molecule is COc1cccc(CNC(=O)Cn2cc(NC(=O)COc3ccccc3)cn2)c1. The van der Waals surface area contributed by atoms with Gasteiger partial charge in [0.05, 0.1) is 19.0 Å². The van der Waals surface area contributed by atoms with Crippen LogP contribution in [0, 0.1) is 0 Å². The van der Waals surface area contributed by atoms with E-state index in [4.69, 9.17) is 9.47 Å². The van der Waals surface area contributed by atoms with Crippen LogP contribution in [0.15, 0.2) is 67.0 Å². The van der Waals surface area contributed by atoms with E-state index >= 15 is 0 Å². The molecule has 8 nitrogen and oxygen atoms in total. The molecule has 0 radical (unpaired) electrons. The number of methoxy groups -OCH3 is 1. The molecule has 150 valence electrons. The molecule has 2 amide bonds. The lowest BCUT2D eigenvalue weighted by atomic mass is 10.2. The van der Waals surface area contributed by atoms with Crippen molar-refractivity contribution in [1.29, 1.82) is 0 Å². The molecule has 29 heavy (non-hydrogen) atoms. The molecular formula is C21H22N4O4. The smallest absolute Gasteiger partial charge is 0.262 e. The van der Waals surface area contributed by atoms with Crippen LogP contribution in [-0.4, -0.2) is 35.3 Å². The summed E-state index contributed by atoms with van der Waals surface area (Å²) in [5.74, 6) is 0.851. The molecule has 0 bridgehead atoms. The standard InChI is InChI=1S/C21H22N4O4/c1-28-19-9-5-6-16(10-19)11-22-20(26)14-25-13-17(12-23-25)24-21(27)15-29-18-7-3-2-4-8-18/h2-10,12-13H,11,14-15H2,1H3,(H,22,26)(H,24,27). The van der Waals surface area contributed by atoms with Crippen LogP contribution in [0.5, 0.6) is 11.5 Å². The van der Waals surface area contributed by atoms with Crippen LogP contribution >= 0.6 is 0 Å². The molecule has 0 atom stereocenters. The summed E-state index contributed by atoms with van der Waals surface area (Å²) in [7, 11) is 1.60. The number of carbonyl (C=O) groups excluding carboxylic acids is 2. The fraction of sp³-hybridized carbons (Fsp3) is 0.190. The van der Waals surface area contributed by atoms with Crippen LogP contribution in [0.2, 0.25) is 0 Å². The Morgan fingerprint density at radius 2 is 1.83 bits per heavy atom. The highest BCUT2D eigenvalue weighted by atomic mass is 16.5. The first kappa shape index (κ1) is 19.9. The van der Waals surface area contributed by atoms with Crippen LogP contribution < -0.4 is 20.1 Å². The van der Waals surface area contributed by atoms with Crippen LogP contribution in [0.25, 0.3) is 0 Å². The van der Waals surface area contributed by atoms with Gasteiger partial charge in [-0.2, -0.15) is 5.10 Å². The van der Waals surface area contributed by atoms with Gasteiger partial charge in [-0.1, -0.05) is 30.3 Å². The Hall–Kier alpha value is -3.81. The van der Waals surface area contributed by atoms with E-state index in [0.29, 0.717) is 18.0 Å². The fourth-order valence-electron chi connectivity index (χ4n) is 2.56. The van der Waals surface area contributed by atoms with Crippen molar-refractivity contribution in [1.82, 2.24) is 15.1 Å². The first-order chi connectivity index (χ1) is 14.1.